The van der Waals surface area contributed by atoms with Crippen LogP contribution in [0.1, 0.15) is 17.9 Å². The van der Waals surface area contributed by atoms with Gasteiger partial charge in [0, 0.05) is 7.05 Å². The molecule has 2 heterocycles. The summed E-state index contributed by atoms with van der Waals surface area (Å²) in [4.78, 5) is 26.7. The van der Waals surface area contributed by atoms with Crippen molar-refractivity contribution in [1.29, 1.82) is 0 Å². The van der Waals surface area contributed by atoms with E-state index in [0.717, 1.165) is 16.6 Å². The Hall–Kier alpha value is -2.17. The number of carbonyl (C=O) groups is 2. The summed E-state index contributed by atoms with van der Waals surface area (Å²) in [5.41, 5.74) is 2.59. The van der Waals surface area contributed by atoms with Crippen molar-refractivity contribution < 1.29 is 14.3 Å². The van der Waals surface area contributed by atoms with Crippen LogP contribution < -0.4 is 0 Å². The van der Waals surface area contributed by atoms with Gasteiger partial charge in [0.05, 0.1) is 29.7 Å². The average Bonchev–Trinajstić information content (AvgIpc) is 2.82. The number of benzene rings is 1. The molecule has 5 nitrogen and oxygen atoms in total. The van der Waals surface area contributed by atoms with Gasteiger partial charge in [0.25, 0.3) is 0 Å². The smallest absolute Gasteiger partial charge is 0.321 e. The van der Waals surface area contributed by atoms with Gasteiger partial charge >= 0.3 is 11.9 Å². The van der Waals surface area contributed by atoms with E-state index in [1.165, 1.54) is 0 Å². The van der Waals surface area contributed by atoms with E-state index in [1.807, 2.05) is 29.8 Å². The molecule has 1 aliphatic rings. The Bertz CT molecular complexity index is 630. The molecule has 0 N–H and O–H groups in total. The van der Waals surface area contributed by atoms with E-state index >= 15 is 0 Å². The highest BCUT2D eigenvalue weighted by molar-refractivity contribution is 5.98. The predicted octanol–water partition coefficient (Wildman–Crippen LogP) is 1.13. The fourth-order valence-corrected chi connectivity index (χ4v) is 2.10. The molecular formula is C12H10N2O3. The Kier molecular flexibility index (Phi) is 2.01. The number of hydrogen-bond donors (Lipinski definition) is 0. The molecule has 0 saturated carbocycles. The van der Waals surface area contributed by atoms with E-state index in [9.17, 15) is 9.59 Å². The minimum absolute atomic E-state index is 0.122. The molecule has 1 fully saturated rings. The van der Waals surface area contributed by atoms with Gasteiger partial charge in [0.15, 0.2) is 0 Å². The zero-order chi connectivity index (χ0) is 12.0. The normalized spacial score (nSPS) is 19.9. The maximum Gasteiger partial charge on any atom is 0.321 e. The number of cyclic esters (lactones) is 2. The van der Waals surface area contributed by atoms with Crippen molar-refractivity contribution in [2.75, 3.05) is 0 Å². The van der Waals surface area contributed by atoms with Gasteiger partial charge in [0.1, 0.15) is 0 Å². The van der Waals surface area contributed by atoms with E-state index in [-0.39, 0.29) is 6.42 Å². The van der Waals surface area contributed by atoms with Crippen LogP contribution in [0.3, 0.4) is 0 Å². The second kappa shape index (κ2) is 3.41. The van der Waals surface area contributed by atoms with Gasteiger partial charge in [-0.15, -0.1) is 0 Å². The third-order valence-electron chi connectivity index (χ3n) is 3.02. The van der Waals surface area contributed by atoms with Crippen LogP contribution in [-0.4, -0.2) is 21.5 Å². The van der Waals surface area contributed by atoms with Crippen LogP contribution in [0.5, 0.6) is 0 Å². The zero-order valence-corrected chi connectivity index (χ0v) is 9.21. The lowest BCUT2D eigenvalue weighted by molar-refractivity contribution is -0.152. The van der Waals surface area contributed by atoms with Crippen LogP contribution in [0.15, 0.2) is 24.5 Å². The topological polar surface area (TPSA) is 61.2 Å². The molecule has 3 rings (SSSR count). The van der Waals surface area contributed by atoms with Crippen molar-refractivity contribution in [2.24, 2.45) is 7.05 Å². The van der Waals surface area contributed by atoms with Crippen LogP contribution in [0.25, 0.3) is 11.0 Å². The summed E-state index contributed by atoms with van der Waals surface area (Å²) < 4.78 is 6.44. The maximum absolute atomic E-state index is 11.5. The number of nitrogens with zero attached hydrogens (tertiary/aromatic N) is 2. The Morgan fingerprint density at radius 2 is 2.24 bits per heavy atom. The summed E-state index contributed by atoms with van der Waals surface area (Å²) in [6, 6.07) is 5.57. The Balaban J connectivity index is 2.06. The minimum atomic E-state index is -0.478. The summed E-state index contributed by atoms with van der Waals surface area (Å²) in [7, 11) is 1.91. The van der Waals surface area contributed by atoms with Crippen molar-refractivity contribution in [3.05, 3.63) is 30.1 Å². The van der Waals surface area contributed by atoms with Crippen molar-refractivity contribution in [3.8, 4) is 0 Å². The molecule has 86 valence electrons. The molecule has 0 aliphatic carbocycles. The summed E-state index contributed by atoms with van der Waals surface area (Å²) >= 11 is 0. The highest BCUT2D eigenvalue weighted by Crippen LogP contribution is 2.29. The minimum Gasteiger partial charge on any atom is -0.393 e. The summed E-state index contributed by atoms with van der Waals surface area (Å²) in [6.45, 7) is 0. The first-order chi connectivity index (χ1) is 8.15. The van der Waals surface area contributed by atoms with Crippen LogP contribution in [0.2, 0.25) is 0 Å². The molecule has 1 atom stereocenters. The van der Waals surface area contributed by atoms with Crippen molar-refractivity contribution in [1.82, 2.24) is 9.55 Å². The van der Waals surface area contributed by atoms with Crippen LogP contribution >= 0.6 is 0 Å². The number of ether oxygens (including phenoxy) is 1. The highest BCUT2D eigenvalue weighted by atomic mass is 16.6. The van der Waals surface area contributed by atoms with Gasteiger partial charge < -0.3 is 9.30 Å². The number of esters is 2. The van der Waals surface area contributed by atoms with Crippen LogP contribution in [0, 0.1) is 0 Å². The second-order valence-electron chi connectivity index (χ2n) is 4.15. The van der Waals surface area contributed by atoms with Gasteiger partial charge in [-0.25, -0.2) is 4.98 Å². The molecule has 0 amide bonds. The zero-order valence-electron chi connectivity index (χ0n) is 9.21. The van der Waals surface area contributed by atoms with E-state index in [2.05, 4.69) is 9.72 Å². The first kappa shape index (κ1) is 10.0. The quantitative estimate of drug-likeness (QED) is 0.544. The lowest BCUT2D eigenvalue weighted by Crippen LogP contribution is -2.05. The van der Waals surface area contributed by atoms with E-state index < -0.39 is 17.9 Å². The number of carbonyl (C=O) groups excluding carboxylic acids is 2. The predicted molar refractivity (Wildman–Crippen MR) is 59.2 cm³/mol. The number of aryl methyl sites for hydroxylation is 1. The number of imidazole rings is 1. The molecular weight excluding hydrogens is 220 g/mol. The first-order valence-electron chi connectivity index (χ1n) is 5.30. The fourth-order valence-electron chi connectivity index (χ4n) is 2.10. The molecule has 1 saturated heterocycles. The number of hydrogen-bond acceptors (Lipinski definition) is 4. The Morgan fingerprint density at radius 3 is 2.94 bits per heavy atom. The molecule has 1 aliphatic heterocycles. The monoisotopic (exact) mass is 230 g/mol. The van der Waals surface area contributed by atoms with Gasteiger partial charge in [-0.3, -0.25) is 9.59 Å². The number of rotatable bonds is 1. The standard InChI is InChI=1S/C12H10N2O3/c1-14-6-13-9-4-7(2-3-10(9)14)8-5-11(15)17-12(8)16/h2-4,6,8H,5H2,1H3. The fraction of sp³-hybridized carbons (Fsp3) is 0.250. The van der Waals surface area contributed by atoms with Crippen molar-refractivity contribution in [2.45, 2.75) is 12.3 Å². The largest absolute Gasteiger partial charge is 0.393 e. The van der Waals surface area contributed by atoms with Gasteiger partial charge in [0.2, 0.25) is 0 Å². The maximum atomic E-state index is 11.5. The molecule has 5 heteroatoms. The highest BCUT2D eigenvalue weighted by Gasteiger charge is 2.34. The van der Waals surface area contributed by atoms with Gasteiger partial charge in [-0.2, -0.15) is 0 Å². The third kappa shape index (κ3) is 1.51. The number of fused-ring (bicyclic) bond motifs is 1. The van der Waals surface area contributed by atoms with E-state index in [1.54, 1.807) is 6.33 Å². The lowest BCUT2D eigenvalue weighted by Gasteiger charge is -2.04. The summed E-state index contributed by atoms with van der Waals surface area (Å²) in [6.07, 6.45) is 1.84. The van der Waals surface area contributed by atoms with Gasteiger partial charge in [-0.1, -0.05) is 6.07 Å². The van der Waals surface area contributed by atoms with Crippen molar-refractivity contribution in [3.63, 3.8) is 0 Å². The SMILES string of the molecule is Cn1cnc2cc(C3CC(=O)OC3=O)ccc21. The molecule has 1 aromatic carbocycles. The van der Waals surface area contributed by atoms with Crippen LogP contribution in [0.4, 0.5) is 0 Å². The number of aromatic nitrogens is 2. The molecule has 0 bridgehead atoms. The molecule has 0 spiro atoms. The van der Waals surface area contributed by atoms with Crippen molar-refractivity contribution >= 4 is 23.0 Å². The molecule has 17 heavy (non-hydrogen) atoms. The van der Waals surface area contributed by atoms with E-state index in [0.29, 0.717) is 0 Å². The lowest BCUT2D eigenvalue weighted by atomic mass is 9.97. The molecule has 1 aromatic heterocycles. The van der Waals surface area contributed by atoms with E-state index in [4.69, 9.17) is 0 Å². The van der Waals surface area contributed by atoms with Crippen LogP contribution in [-0.2, 0) is 21.4 Å². The Morgan fingerprint density at radius 1 is 1.41 bits per heavy atom. The summed E-state index contributed by atoms with van der Waals surface area (Å²) in [5, 5.41) is 0. The summed E-state index contributed by atoms with van der Waals surface area (Å²) in [5.74, 6) is -1.40. The first-order valence-corrected chi connectivity index (χ1v) is 5.30. The average molecular weight is 230 g/mol. The second-order valence-corrected chi connectivity index (χ2v) is 4.15. The third-order valence-corrected chi connectivity index (χ3v) is 3.02. The Labute approximate surface area is 97.0 Å². The van der Waals surface area contributed by atoms with Gasteiger partial charge in [-0.05, 0) is 17.7 Å². The molecule has 0 radical (unpaired) electrons. The molecule has 1 unspecified atom stereocenters. The molecule has 2 aromatic rings.